The first-order chi connectivity index (χ1) is 8.61. The van der Waals surface area contributed by atoms with Crippen molar-refractivity contribution in [2.45, 2.75) is 10.9 Å². The molecule has 0 aliphatic carbocycles. The van der Waals surface area contributed by atoms with Crippen molar-refractivity contribution in [2.24, 2.45) is 5.73 Å². The van der Waals surface area contributed by atoms with Crippen LogP contribution in [0.15, 0.2) is 18.2 Å². The van der Waals surface area contributed by atoms with E-state index in [0.717, 1.165) is 16.9 Å². The van der Waals surface area contributed by atoms with E-state index >= 15 is 0 Å². The quantitative estimate of drug-likeness (QED) is 0.862. The SMILES string of the molecule is COc1cc(C2(OC(N)=O)COC2)ccc1CBr. The second kappa shape index (κ2) is 5.16. The Morgan fingerprint density at radius 2 is 2.28 bits per heavy atom. The molecule has 1 aliphatic rings. The van der Waals surface area contributed by atoms with Crippen molar-refractivity contribution in [1.82, 2.24) is 0 Å². The second-order valence-corrected chi connectivity index (χ2v) is 4.63. The highest BCUT2D eigenvalue weighted by molar-refractivity contribution is 9.08. The maximum Gasteiger partial charge on any atom is 0.405 e. The summed E-state index contributed by atoms with van der Waals surface area (Å²) in [6.07, 6.45) is -0.804. The molecule has 0 spiro atoms. The Balaban J connectivity index is 2.34. The number of nitrogens with two attached hydrogens (primary N) is 1. The van der Waals surface area contributed by atoms with E-state index in [9.17, 15) is 4.79 Å². The van der Waals surface area contributed by atoms with E-state index in [2.05, 4.69) is 15.9 Å². The second-order valence-electron chi connectivity index (χ2n) is 4.07. The number of alkyl halides is 1. The van der Waals surface area contributed by atoms with Gasteiger partial charge in [0, 0.05) is 16.5 Å². The van der Waals surface area contributed by atoms with E-state index in [0.29, 0.717) is 18.5 Å². The lowest BCUT2D eigenvalue weighted by molar-refractivity contribution is -0.183. The summed E-state index contributed by atoms with van der Waals surface area (Å²) in [5, 5.41) is 0.691. The number of hydrogen-bond donors (Lipinski definition) is 1. The van der Waals surface area contributed by atoms with Crippen LogP contribution in [-0.2, 0) is 20.4 Å². The molecule has 6 heteroatoms. The fourth-order valence-electron chi connectivity index (χ4n) is 1.90. The van der Waals surface area contributed by atoms with Crippen molar-refractivity contribution in [3.05, 3.63) is 29.3 Å². The van der Waals surface area contributed by atoms with Gasteiger partial charge >= 0.3 is 6.09 Å². The molecule has 1 amide bonds. The minimum atomic E-state index is -0.804. The van der Waals surface area contributed by atoms with Crippen LogP contribution in [0.5, 0.6) is 5.75 Å². The Morgan fingerprint density at radius 3 is 2.72 bits per heavy atom. The van der Waals surface area contributed by atoms with Crippen LogP contribution in [0.2, 0.25) is 0 Å². The Bertz CT molecular complexity index is 459. The largest absolute Gasteiger partial charge is 0.496 e. The molecule has 0 atom stereocenters. The average Bonchev–Trinajstić information content (AvgIpc) is 2.32. The van der Waals surface area contributed by atoms with Crippen LogP contribution in [0.4, 0.5) is 4.79 Å². The fraction of sp³-hybridized carbons (Fsp3) is 0.417. The lowest BCUT2D eigenvalue weighted by atomic mass is 9.91. The monoisotopic (exact) mass is 315 g/mol. The third kappa shape index (κ3) is 2.30. The predicted molar refractivity (Wildman–Crippen MR) is 68.8 cm³/mol. The topological polar surface area (TPSA) is 70.8 Å². The molecule has 1 aromatic carbocycles. The molecule has 2 rings (SSSR count). The molecule has 18 heavy (non-hydrogen) atoms. The van der Waals surface area contributed by atoms with Gasteiger partial charge in [-0.15, -0.1) is 0 Å². The van der Waals surface area contributed by atoms with E-state index in [-0.39, 0.29) is 0 Å². The molecule has 5 nitrogen and oxygen atoms in total. The number of benzene rings is 1. The first-order valence-electron chi connectivity index (χ1n) is 5.41. The summed E-state index contributed by atoms with van der Waals surface area (Å²) in [5.41, 5.74) is 6.17. The fourth-order valence-corrected chi connectivity index (χ4v) is 2.37. The maximum atomic E-state index is 11.0. The molecule has 1 saturated heterocycles. The first kappa shape index (κ1) is 13.2. The van der Waals surface area contributed by atoms with Gasteiger partial charge in [-0.25, -0.2) is 4.79 Å². The average molecular weight is 316 g/mol. The van der Waals surface area contributed by atoms with Crippen LogP contribution in [0, 0.1) is 0 Å². The lowest BCUT2D eigenvalue weighted by Gasteiger charge is -2.40. The zero-order valence-corrected chi connectivity index (χ0v) is 11.5. The van der Waals surface area contributed by atoms with E-state index in [1.54, 1.807) is 7.11 Å². The van der Waals surface area contributed by atoms with E-state index < -0.39 is 11.7 Å². The molecular formula is C12H14BrNO4. The van der Waals surface area contributed by atoms with Crippen molar-refractivity contribution >= 4 is 22.0 Å². The third-order valence-corrected chi connectivity index (χ3v) is 3.53. The van der Waals surface area contributed by atoms with Crippen LogP contribution >= 0.6 is 15.9 Å². The summed E-state index contributed by atoms with van der Waals surface area (Å²) < 4.78 is 15.6. The highest BCUT2D eigenvalue weighted by atomic mass is 79.9. The number of carbonyl (C=O) groups excluding carboxylic acids is 1. The standard InChI is InChI=1S/C12H14BrNO4/c1-16-10-4-9(3-2-8(10)5-13)12(6-17-7-12)18-11(14)15/h2-4H,5-7H2,1H3,(H2,14,15). The lowest BCUT2D eigenvalue weighted by Crippen LogP contribution is -2.51. The summed E-state index contributed by atoms with van der Waals surface area (Å²) in [4.78, 5) is 11.0. The summed E-state index contributed by atoms with van der Waals surface area (Å²) in [7, 11) is 1.60. The van der Waals surface area contributed by atoms with Gasteiger partial charge in [0.05, 0.1) is 20.3 Å². The van der Waals surface area contributed by atoms with Gasteiger partial charge < -0.3 is 19.9 Å². The van der Waals surface area contributed by atoms with Crippen LogP contribution < -0.4 is 10.5 Å². The van der Waals surface area contributed by atoms with Gasteiger partial charge in [0.1, 0.15) is 5.75 Å². The predicted octanol–water partition coefficient (Wildman–Crippen LogP) is 1.91. The molecule has 0 bridgehead atoms. The van der Waals surface area contributed by atoms with Crippen molar-refractivity contribution in [3.8, 4) is 5.75 Å². The zero-order chi connectivity index (χ0) is 13.2. The van der Waals surface area contributed by atoms with Gasteiger partial charge in [-0.1, -0.05) is 28.1 Å². The molecule has 0 unspecified atom stereocenters. The summed E-state index contributed by atoms with van der Waals surface area (Å²) in [6, 6.07) is 5.67. The molecule has 1 heterocycles. The third-order valence-electron chi connectivity index (χ3n) is 2.92. The van der Waals surface area contributed by atoms with Gasteiger partial charge in [0.25, 0.3) is 0 Å². The first-order valence-corrected chi connectivity index (χ1v) is 6.53. The molecule has 0 aromatic heterocycles. The number of methoxy groups -OCH3 is 1. The Kier molecular flexibility index (Phi) is 3.77. The molecule has 0 saturated carbocycles. The number of primary amides is 1. The highest BCUT2D eigenvalue weighted by Gasteiger charge is 2.44. The number of rotatable bonds is 4. The molecule has 1 aliphatic heterocycles. The number of halogens is 1. The Labute approximate surface area is 113 Å². The normalized spacial score (nSPS) is 16.8. The van der Waals surface area contributed by atoms with Crippen molar-refractivity contribution in [3.63, 3.8) is 0 Å². The Hall–Kier alpha value is -1.27. The molecule has 0 radical (unpaired) electrons. The van der Waals surface area contributed by atoms with E-state index in [1.165, 1.54) is 0 Å². The van der Waals surface area contributed by atoms with Gasteiger partial charge in [-0.05, 0) is 6.07 Å². The van der Waals surface area contributed by atoms with Crippen molar-refractivity contribution in [1.29, 1.82) is 0 Å². The Morgan fingerprint density at radius 1 is 1.56 bits per heavy atom. The molecule has 1 fully saturated rings. The van der Waals surface area contributed by atoms with Crippen LogP contribution in [0.1, 0.15) is 11.1 Å². The van der Waals surface area contributed by atoms with Crippen LogP contribution in [0.25, 0.3) is 0 Å². The number of carbonyl (C=O) groups is 1. The van der Waals surface area contributed by atoms with Crippen molar-refractivity contribution in [2.75, 3.05) is 20.3 Å². The van der Waals surface area contributed by atoms with E-state index in [4.69, 9.17) is 19.9 Å². The minimum absolute atomic E-state index is 0.312. The molecule has 98 valence electrons. The van der Waals surface area contributed by atoms with Crippen LogP contribution in [0.3, 0.4) is 0 Å². The number of amides is 1. The smallest absolute Gasteiger partial charge is 0.405 e. The zero-order valence-electron chi connectivity index (χ0n) is 9.94. The van der Waals surface area contributed by atoms with Crippen molar-refractivity contribution < 1.29 is 19.0 Å². The molecular weight excluding hydrogens is 302 g/mol. The van der Waals surface area contributed by atoms with Gasteiger partial charge in [0.2, 0.25) is 0 Å². The summed E-state index contributed by atoms with van der Waals surface area (Å²) >= 11 is 3.39. The number of hydrogen-bond acceptors (Lipinski definition) is 4. The van der Waals surface area contributed by atoms with Gasteiger partial charge in [0.15, 0.2) is 5.60 Å². The highest BCUT2D eigenvalue weighted by Crippen LogP contribution is 2.36. The number of ether oxygens (including phenoxy) is 3. The summed E-state index contributed by atoms with van der Waals surface area (Å²) in [5.74, 6) is 0.740. The van der Waals surface area contributed by atoms with Crippen LogP contribution in [-0.4, -0.2) is 26.4 Å². The molecule has 2 N–H and O–H groups in total. The van der Waals surface area contributed by atoms with Gasteiger partial charge in [-0.3, -0.25) is 0 Å². The van der Waals surface area contributed by atoms with E-state index in [1.807, 2.05) is 18.2 Å². The minimum Gasteiger partial charge on any atom is -0.496 e. The molecule has 1 aromatic rings. The maximum absolute atomic E-state index is 11.0. The van der Waals surface area contributed by atoms with Gasteiger partial charge in [-0.2, -0.15) is 0 Å². The summed E-state index contributed by atoms with van der Waals surface area (Å²) in [6.45, 7) is 0.625.